The lowest BCUT2D eigenvalue weighted by Gasteiger charge is -2.09. The summed E-state index contributed by atoms with van der Waals surface area (Å²) in [6, 6.07) is 26.7. The topological polar surface area (TPSA) is 85.6 Å². The van der Waals surface area contributed by atoms with Gasteiger partial charge in [0.2, 0.25) is 0 Å². The summed E-state index contributed by atoms with van der Waals surface area (Å²) >= 11 is 0. The highest BCUT2D eigenvalue weighted by atomic mass is 32.2. The summed E-state index contributed by atoms with van der Waals surface area (Å²) < 4.78 is 39.9. The third-order valence-corrected chi connectivity index (χ3v) is 6.94. The first kappa shape index (κ1) is 21.7. The van der Waals surface area contributed by atoms with Crippen LogP contribution in [0.15, 0.2) is 100 Å². The van der Waals surface area contributed by atoms with Gasteiger partial charge in [0.05, 0.1) is 4.90 Å². The van der Waals surface area contributed by atoms with E-state index in [2.05, 4.69) is 4.72 Å². The zero-order chi connectivity index (χ0) is 23.7. The minimum Gasteiger partial charge on any atom is -0.460 e. The lowest BCUT2D eigenvalue weighted by atomic mass is 10.1. The van der Waals surface area contributed by atoms with Gasteiger partial charge in [0, 0.05) is 11.1 Å². The van der Waals surface area contributed by atoms with E-state index in [9.17, 15) is 13.2 Å². The maximum absolute atomic E-state index is 13.0. The van der Waals surface area contributed by atoms with Crippen molar-refractivity contribution in [1.29, 1.82) is 0 Å². The zero-order valence-electron chi connectivity index (χ0n) is 18.3. The molecule has 0 fully saturated rings. The summed E-state index contributed by atoms with van der Waals surface area (Å²) in [7, 11) is -3.84. The number of furan rings is 1. The number of ether oxygens (including phenoxy) is 1. The molecule has 34 heavy (non-hydrogen) atoms. The molecule has 0 atom stereocenters. The molecule has 1 N–H and O–H groups in total. The number of fused-ring (bicyclic) bond motifs is 2. The number of nitrogens with one attached hydrogen (secondary N) is 1. The first-order valence-corrected chi connectivity index (χ1v) is 12.1. The molecule has 6 nitrogen and oxygen atoms in total. The van der Waals surface area contributed by atoms with Gasteiger partial charge in [-0.3, -0.25) is 4.72 Å². The summed E-state index contributed by atoms with van der Waals surface area (Å²) in [4.78, 5) is 13.0. The Morgan fingerprint density at radius 1 is 0.882 bits per heavy atom. The van der Waals surface area contributed by atoms with Crippen molar-refractivity contribution >= 4 is 43.4 Å². The molecule has 0 aliphatic heterocycles. The van der Waals surface area contributed by atoms with E-state index in [1.807, 2.05) is 54.6 Å². The van der Waals surface area contributed by atoms with Gasteiger partial charge >= 0.3 is 5.97 Å². The van der Waals surface area contributed by atoms with Crippen LogP contribution >= 0.6 is 0 Å². The number of benzene rings is 4. The summed E-state index contributed by atoms with van der Waals surface area (Å²) in [5, 5.41) is 2.26. The van der Waals surface area contributed by atoms with Crippen molar-refractivity contribution in [2.75, 3.05) is 4.72 Å². The van der Waals surface area contributed by atoms with Crippen LogP contribution in [0.25, 0.3) is 21.7 Å². The molecule has 170 valence electrons. The Morgan fingerprint density at radius 2 is 1.62 bits per heavy atom. The normalized spacial score (nSPS) is 11.6. The molecule has 0 aliphatic carbocycles. The van der Waals surface area contributed by atoms with Crippen LogP contribution in [0.1, 0.15) is 21.7 Å². The largest absolute Gasteiger partial charge is 0.460 e. The Balaban J connectivity index is 1.43. The predicted molar refractivity (Wildman–Crippen MR) is 131 cm³/mol. The number of sulfonamides is 1. The molecule has 0 unspecified atom stereocenters. The predicted octanol–water partition coefficient (Wildman–Crippen LogP) is 6.05. The fourth-order valence-electron chi connectivity index (χ4n) is 3.88. The lowest BCUT2D eigenvalue weighted by molar-refractivity contribution is 0.0473. The third kappa shape index (κ3) is 4.25. The van der Waals surface area contributed by atoms with E-state index in [0.29, 0.717) is 22.4 Å². The Bertz CT molecular complexity index is 1620. The Kier molecular flexibility index (Phi) is 5.55. The van der Waals surface area contributed by atoms with E-state index in [-0.39, 0.29) is 17.1 Å². The number of carbonyl (C=O) groups is 1. The van der Waals surface area contributed by atoms with Crippen molar-refractivity contribution in [2.24, 2.45) is 0 Å². The molecule has 1 aromatic heterocycles. The molecule has 0 aliphatic rings. The zero-order valence-corrected chi connectivity index (χ0v) is 19.1. The van der Waals surface area contributed by atoms with E-state index >= 15 is 0 Å². The second-order valence-corrected chi connectivity index (χ2v) is 9.60. The number of hydrogen-bond acceptors (Lipinski definition) is 5. The molecule has 1 heterocycles. The van der Waals surface area contributed by atoms with Crippen LogP contribution in [-0.2, 0) is 21.4 Å². The molecule has 0 bridgehead atoms. The van der Waals surface area contributed by atoms with E-state index in [1.54, 1.807) is 43.3 Å². The number of anilines is 1. The van der Waals surface area contributed by atoms with Crippen LogP contribution in [0.4, 0.5) is 5.69 Å². The summed E-state index contributed by atoms with van der Waals surface area (Å²) in [5.74, 6) is -0.128. The van der Waals surface area contributed by atoms with Gasteiger partial charge in [0.15, 0.2) is 0 Å². The minimum atomic E-state index is -3.84. The van der Waals surface area contributed by atoms with Gasteiger partial charge in [-0.1, -0.05) is 60.7 Å². The highest BCUT2D eigenvalue weighted by Gasteiger charge is 2.21. The van der Waals surface area contributed by atoms with Crippen molar-refractivity contribution in [2.45, 2.75) is 18.4 Å². The number of carbonyl (C=O) groups excluding carboxylic acids is 1. The third-order valence-electron chi connectivity index (χ3n) is 5.56. The smallest absolute Gasteiger partial charge is 0.342 e. The summed E-state index contributed by atoms with van der Waals surface area (Å²) in [6.07, 6.45) is 0. The molecular formula is C27H21NO5S. The lowest BCUT2D eigenvalue weighted by Crippen LogP contribution is -2.13. The van der Waals surface area contributed by atoms with Crippen molar-refractivity contribution < 1.29 is 22.4 Å². The van der Waals surface area contributed by atoms with Gasteiger partial charge in [-0.2, -0.15) is 0 Å². The number of rotatable bonds is 6. The monoisotopic (exact) mass is 471 g/mol. The molecule has 0 radical (unpaired) electrons. The molecule has 0 saturated carbocycles. The van der Waals surface area contributed by atoms with Crippen molar-refractivity contribution in [3.63, 3.8) is 0 Å². The van der Waals surface area contributed by atoms with Gasteiger partial charge in [-0.05, 0) is 53.6 Å². The fourth-order valence-corrected chi connectivity index (χ4v) is 4.97. The van der Waals surface area contributed by atoms with Crippen LogP contribution in [0.5, 0.6) is 0 Å². The standard InChI is InChI=1S/C27H21NO5S/c1-18-26(27(29)32-17-19-7-3-2-4-8-19)24-16-22(12-14-25(24)33-18)28-34(30,31)23-13-11-20-9-5-6-10-21(20)15-23/h2-16,28H,17H2,1H3. The van der Waals surface area contributed by atoms with Crippen molar-refractivity contribution in [1.82, 2.24) is 0 Å². The fraction of sp³-hybridized carbons (Fsp3) is 0.0741. The van der Waals surface area contributed by atoms with E-state index in [1.165, 1.54) is 0 Å². The van der Waals surface area contributed by atoms with Gasteiger partial charge in [0.1, 0.15) is 23.5 Å². The van der Waals surface area contributed by atoms with Crippen molar-refractivity contribution in [3.05, 3.63) is 108 Å². The second kappa shape index (κ2) is 8.68. The Labute approximate surface area is 196 Å². The Hall–Kier alpha value is -4.10. The van der Waals surface area contributed by atoms with Crippen LogP contribution in [0.2, 0.25) is 0 Å². The summed E-state index contributed by atoms with van der Waals surface area (Å²) in [6.45, 7) is 1.80. The van der Waals surface area contributed by atoms with Crippen LogP contribution < -0.4 is 4.72 Å². The van der Waals surface area contributed by atoms with Crippen LogP contribution in [0.3, 0.4) is 0 Å². The maximum Gasteiger partial charge on any atom is 0.342 e. The SMILES string of the molecule is Cc1oc2ccc(NS(=O)(=O)c3ccc4ccccc4c3)cc2c1C(=O)OCc1ccccc1. The number of hydrogen-bond donors (Lipinski definition) is 1. The molecule has 0 amide bonds. The first-order valence-electron chi connectivity index (χ1n) is 10.7. The van der Waals surface area contributed by atoms with Crippen LogP contribution in [-0.4, -0.2) is 14.4 Å². The molecule has 5 aromatic rings. The quantitative estimate of drug-likeness (QED) is 0.305. The van der Waals surface area contributed by atoms with E-state index < -0.39 is 16.0 Å². The van der Waals surface area contributed by atoms with Gasteiger partial charge < -0.3 is 9.15 Å². The van der Waals surface area contributed by atoms with Gasteiger partial charge in [-0.25, -0.2) is 13.2 Å². The highest BCUT2D eigenvalue weighted by molar-refractivity contribution is 7.92. The molecule has 4 aromatic carbocycles. The average molecular weight is 472 g/mol. The minimum absolute atomic E-state index is 0.125. The maximum atomic E-state index is 13.0. The second-order valence-electron chi connectivity index (χ2n) is 7.92. The van der Waals surface area contributed by atoms with Gasteiger partial charge in [-0.15, -0.1) is 0 Å². The van der Waals surface area contributed by atoms with Crippen LogP contribution in [0, 0.1) is 6.92 Å². The number of aryl methyl sites for hydroxylation is 1. The molecule has 7 heteroatoms. The van der Waals surface area contributed by atoms with E-state index in [0.717, 1.165) is 16.3 Å². The highest BCUT2D eigenvalue weighted by Crippen LogP contribution is 2.30. The average Bonchev–Trinajstić information content (AvgIpc) is 3.17. The summed E-state index contributed by atoms with van der Waals surface area (Å²) in [5.41, 5.74) is 1.93. The molecule has 5 rings (SSSR count). The molecule has 0 saturated heterocycles. The molecular weight excluding hydrogens is 450 g/mol. The first-order chi connectivity index (χ1) is 16.4. The number of esters is 1. The molecule has 0 spiro atoms. The van der Waals surface area contributed by atoms with E-state index in [4.69, 9.17) is 9.15 Å². The Morgan fingerprint density at radius 3 is 2.41 bits per heavy atom. The van der Waals surface area contributed by atoms with Gasteiger partial charge in [0.25, 0.3) is 10.0 Å². The van der Waals surface area contributed by atoms with Crippen molar-refractivity contribution in [3.8, 4) is 0 Å².